The Morgan fingerprint density at radius 1 is 1.03 bits per heavy atom. The van der Waals surface area contributed by atoms with Crippen LogP contribution in [0.2, 0.25) is 0 Å². The zero-order valence-corrected chi connectivity index (χ0v) is 18.6. The van der Waals surface area contributed by atoms with E-state index < -0.39 is 11.2 Å². The third kappa shape index (κ3) is 5.27. The van der Waals surface area contributed by atoms with E-state index >= 15 is 0 Å². The molecule has 2 aromatic carbocycles. The lowest BCUT2D eigenvalue weighted by Gasteiger charge is -2.25. The molecule has 0 spiro atoms. The number of aryl methyl sites for hydroxylation is 1. The topological polar surface area (TPSA) is 114 Å². The molecule has 33 heavy (non-hydrogen) atoms. The standard InChI is InChI=1S/C24H23N5O3S/c25-22-21(23(31)27-24(32)29(22)14-18-9-5-2-6-10-18)28(13-17-7-3-1-4-8-17)20(30)12-11-19-15-33-16-26-19/h1-10,15-16H,11-14,25H2,(H,27,31,32). The van der Waals surface area contributed by atoms with Crippen molar-refractivity contribution in [3.63, 3.8) is 0 Å². The fourth-order valence-electron chi connectivity index (χ4n) is 3.55. The highest BCUT2D eigenvalue weighted by Gasteiger charge is 2.24. The molecule has 8 nitrogen and oxygen atoms in total. The van der Waals surface area contributed by atoms with E-state index in [9.17, 15) is 14.4 Å². The number of nitrogens with two attached hydrogens (primary N) is 1. The zero-order chi connectivity index (χ0) is 23.2. The Morgan fingerprint density at radius 2 is 1.70 bits per heavy atom. The Kier molecular flexibility index (Phi) is 6.80. The third-order valence-corrected chi connectivity index (χ3v) is 5.87. The summed E-state index contributed by atoms with van der Waals surface area (Å²) in [6, 6.07) is 18.6. The summed E-state index contributed by atoms with van der Waals surface area (Å²) < 4.78 is 1.28. The van der Waals surface area contributed by atoms with Crippen molar-refractivity contribution in [1.29, 1.82) is 0 Å². The van der Waals surface area contributed by atoms with Gasteiger partial charge >= 0.3 is 5.69 Å². The fraction of sp³-hybridized carbons (Fsp3) is 0.167. The van der Waals surface area contributed by atoms with E-state index in [2.05, 4.69) is 9.97 Å². The Hall–Kier alpha value is -3.98. The zero-order valence-electron chi connectivity index (χ0n) is 17.8. The Bertz CT molecular complexity index is 1330. The van der Waals surface area contributed by atoms with Gasteiger partial charge < -0.3 is 10.6 Å². The summed E-state index contributed by atoms with van der Waals surface area (Å²) in [7, 11) is 0. The molecule has 4 rings (SSSR count). The van der Waals surface area contributed by atoms with E-state index in [4.69, 9.17) is 5.73 Å². The molecular formula is C24H23N5O3S. The molecule has 0 atom stereocenters. The van der Waals surface area contributed by atoms with Gasteiger partial charge in [0.25, 0.3) is 5.56 Å². The van der Waals surface area contributed by atoms with E-state index in [1.807, 2.05) is 66.0 Å². The van der Waals surface area contributed by atoms with Crippen LogP contribution in [0.1, 0.15) is 23.2 Å². The van der Waals surface area contributed by atoms with E-state index in [0.717, 1.165) is 16.8 Å². The number of nitrogens with one attached hydrogen (secondary N) is 1. The van der Waals surface area contributed by atoms with Crippen molar-refractivity contribution in [3.8, 4) is 0 Å². The molecular weight excluding hydrogens is 438 g/mol. The highest BCUT2D eigenvalue weighted by atomic mass is 32.1. The van der Waals surface area contributed by atoms with E-state index in [-0.39, 0.29) is 36.9 Å². The van der Waals surface area contributed by atoms with Gasteiger partial charge in [-0.1, -0.05) is 60.7 Å². The van der Waals surface area contributed by atoms with Gasteiger partial charge in [-0.05, 0) is 17.5 Å². The van der Waals surface area contributed by atoms with Crippen LogP contribution in [0.3, 0.4) is 0 Å². The molecule has 3 N–H and O–H groups in total. The van der Waals surface area contributed by atoms with Crippen LogP contribution in [0.25, 0.3) is 0 Å². The number of aromatic nitrogens is 3. The number of H-pyrrole nitrogens is 1. The quantitative estimate of drug-likeness (QED) is 0.419. The van der Waals surface area contributed by atoms with Crippen LogP contribution in [0.5, 0.6) is 0 Å². The van der Waals surface area contributed by atoms with Crippen LogP contribution in [0, 0.1) is 0 Å². The normalized spacial score (nSPS) is 10.8. The molecule has 1 amide bonds. The average molecular weight is 462 g/mol. The number of rotatable bonds is 8. The first-order chi connectivity index (χ1) is 16.0. The van der Waals surface area contributed by atoms with Crippen LogP contribution in [0.4, 0.5) is 11.5 Å². The first-order valence-electron chi connectivity index (χ1n) is 10.4. The number of thiazole rings is 1. The summed E-state index contributed by atoms with van der Waals surface area (Å²) in [5.74, 6) is -0.334. The van der Waals surface area contributed by atoms with Crippen molar-refractivity contribution in [1.82, 2.24) is 14.5 Å². The number of hydrogen-bond donors (Lipinski definition) is 2. The summed E-state index contributed by atoms with van der Waals surface area (Å²) in [6.07, 6.45) is 0.586. The summed E-state index contributed by atoms with van der Waals surface area (Å²) in [5.41, 5.74) is 9.20. The predicted octanol–water partition coefficient (Wildman–Crippen LogP) is 2.79. The van der Waals surface area contributed by atoms with E-state index in [0.29, 0.717) is 6.42 Å². The van der Waals surface area contributed by atoms with Gasteiger partial charge in [0.05, 0.1) is 24.3 Å². The van der Waals surface area contributed by atoms with Crippen LogP contribution in [-0.2, 0) is 24.3 Å². The number of hydrogen-bond acceptors (Lipinski definition) is 6. The van der Waals surface area contributed by atoms with Crippen molar-refractivity contribution in [2.24, 2.45) is 0 Å². The van der Waals surface area contributed by atoms with Gasteiger partial charge in [-0.25, -0.2) is 9.78 Å². The fourth-order valence-corrected chi connectivity index (χ4v) is 4.14. The monoisotopic (exact) mass is 461 g/mol. The van der Waals surface area contributed by atoms with Gasteiger partial charge in [0.2, 0.25) is 5.91 Å². The lowest BCUT2D eigenvalue weighted by molar-refractivity contribution is -0.118. The van der Waals surface area contributed by atoms with Crippen molar-refractivity contribution in [3.05, 3.63) is 109 Å². The molecule has 2 aromatic heterocycles. The van der Waals surface area contributed by atoms with Crippen molar-refractivity contribution >= 4 is 28.7 Å². The Labute approximate surface area is 194 Å². The molecule has 0 radical (unpaired) electrons. The van der Waals surface area contributed by atoms with Crippen LogP contribution in [-0.4, -0.2) is 20.4 Å². The second kappa shape index (κ2) is 10.1. The molecule has 2 heterocycles. The first-order valence-corrected chi connectivity index (χ1v) is 11.3. The second-order valence-corrected chi connectivity index (χ2v) is 8.23. The number of anilines is 2. The molecule has 0 saturated carbocycles. The molecule has 0 saturated heterocycles. The molecule has 0 aliphatic heterocycles. The van der Waals surface area contributed by atoms with Gasteiger partial charge in [-0.15, -0.1) is 11.3 Å². The van der Waals surface area contributed by atoms with Gasteiger partial charge in [0, 0.05) is 11.8 Å². The molecule has 0 fully saturated rings. The Morgan fingerprint density at radius 3 is 2.33 bits per heavy atom. The lowest BCUT2D eigenvalue weighted by atomic mass is 10.1. The maximum absolute atomic E-state index is 13.3. The maximum Gasteiger partial charge on any atom is 0.330 e. The predicted molar refractivity (Wildman–Crippen MR) is 129 cm³/mol. The summed E-state index contributed by atoms with van der Waals surface area (Å²) in [6.45, 7) is 0.315. The van der Waals surface area contributed by atoms with Crippen molar-refractivity contribution < 1.29 is 4.79 Å². The van der Waals surface area contributed by atoms with Gasteiger partial charge in [-0.2, -0.15) is 0 Å². The van der Waals surface area contributed by atoms with Crippen LogP contribution >= 0.6 is 11.3 Å². The highest BCUT2D eigenvalue weighted by molar-refractivity contribution is 7.07. The molecule has 0 aliphatic carbocycles. The largest absolute Gasteiger partial charge is 0.383 e. The highest BCUT2D eigenvalue weighted by Crippen LogP contribution is 2.22. The SMILES string of the molecule is Nc1c(N(Cc2ccccc2)C(=O)CCc2cscn2)c(=O)[nH]c(=O)n1Cc1ccccc1. The van der Waals surface area contributed by atoms with Gasteiger partial charge in [0.1, 0.15) is 5.82 Å². The molecule has 168 valence electrons. The van der Waals surface area contributed by atoms with Crippen molar-refractivity contribution in [2.45, 2.75) is 25.9 Å². The minimum atomic E-state index is -0.695. The summed E-state index contributed by atoms with van der Waals surface area (Å²) >= 11 is 1.46. The van der Waals surface area contributed by atoms with Crippen molar-refractivity contribution in [2.75, 3.05) is 10.6 Å². The van der Waals surface area contributed by atoms with Crippen LogP contribution in [0.15, 0.2) is 81.1 Å². The molecule has 0 aliphatic rings. The molecule has 9 heteroatoms. The second-order valence-electron chi connectivity index (χ2n) is 7.51. The minimum absolute atomic E-state index is 0.0299. The molecule has 4 aromatic rings. The van der Waals surface area contributed by atoms with E-state index in [1.54, 1.807) is 5.51 Å². The van der Waals surface area contributed by atoms with Gasteiger partial charge in [0.15, 0.2) is 5.69 Å². The summed E-state index contributed by atoms with van der Waals surface area (Å²) in [5, 5.41) is 1.88. The number of benzene rings is 2. The summed E-state index contributed by atoms with van der Waals surface area (Å²) in [4.78, 5) is 46.7. The smallest absolute Gasteiger partial charge is 0.330 e. The maximum atomic E-state index is 13.3. The van der Waals surface area contributed by atoms with E-state index in [1.165, 1.54) is 20.8 Å². The average Bonchev–Trinajstić information content (AvgIpc) is 3.34. The number of carbonyl (C=O) groups is 1. The third-order valence-electron chi connectivity index (χ3n) is 5.23. The number of nitrogen functional groups attached to an aromatic ring is 1. The molecule has 0 bridgehead atoms. The number of nitrogens with zero attached hydrogens (tertiary/aromatic N) is 3. The first kappa shape index (κ1) is 22.2. The Balaban J connectivity index is 1.73. The van der Waals surface area contributed by atoms with Crippen LogP contribution < -0.4 is 21.9 Å². The minimum Gasteiger partial charge on any atom is -0.383 e. The number of carbonyl (C=O) groups excluding carboxylic acids is 1. The molecule has 0 unspecified atom stereocenters. The van der Waals surface area contributed by atoms with Gasteiger partial charge in [-0.3, -0.25) is 19.1 Å². The number of aromatic amines is 1. The number of amides is 1. The lowest BCUT2D eigenvalue weighted by Crippen LogP contribution is -2.41.